The maximum Gasteiger partial charge on any atom is 0.343 e. The summed E-state index contributed by atoms with van der Waals surface area (Å²) in [4.78, 5) is 16.0. The average molecular weight is 353 g/mol. The van der Waals surface area contributed by atoms with E-state index in [0.29, 0.717) is 12.2 Å². The molecule has 0 spiro atoms. The van der Waals surface area contributed by atoms with Crippen LogP contribution in [0.1, 0.15) is 22.8 Å². The normalized spacial score (nSPS) is 11.3. The van der Waals surface area contributed by atoms with Crippen LogP contribution in [0.2, 0.25) is 0 Å². The van der Waals surface area contributed by atoms with Crippen LogP contribution in [0.25, 0.3) is 0 Å². The lowest BCUT2D eigenvalue weighted by Gasteiger charge is -2.11. The topological polar surface area (TPSA) is 94.7 Å². The van der Waals surface area contributed by atoms with Gasteiger partial charge in [-0.25, -0.2) is 9.78 Å². The van der Waals surface area contributed by atoms with Gasteiger partial charge < -0.3 is 20.3 Å². The summed E-state index contributed by atoms with van der Waals surface area (Å²) in [6.45, 7) is 1.96. The van der Waals surface area contributed by atoms with Crippen LogP contribution in [0.4, 0.5) is 0 Å². The van der Waals surface area contributed by atoms with E-state index in [9.17, 15) is 4.79 Å². The molecule has 2 rings (SSSR count). The van der Waals surface area contributed by atoms with E-state index in [1.54, 1.807) is 37.4 Å². The molecule has 1 heterocycles. The Morgan fingerprint density at radius 1 is 1.29 bits per heavy atom. The molecular weight excluding hydrogens is 332 g/mol. The van der Waals surface area contributed by atoms with Gasteiger partial charge in [-0.1, -0.05) is 12.1 Å². The van der Waals surface area contributed by atoms with Crippen LogP contribution < -0.4 is 10.5 Å². The highest BCUT2D eigenvalue weighted by Gasteiger charge is 2.15. The van der Waals surface area contributed by atoms with Crippen molar-refractivity contribution in [2.24, 2.45) is 5.73 Å². The predicted octanol–water partition coefficient (Wildman–Crippen LogP) is 2.33. The van der Waals surface area contributed by atoms with E-state index in [-0.39, 0.29) is 43.1 Å². The third kappa shape index (κ3) is 5.49. The van der Waals surface area contributed by atoms with Gasteiger partial charge in [0, 0.05) is 12.2 Å². The van der Waals surface area contributed by atoms with E-state index in [4.69, 9.17) is 20.3 Å². The van der Waals surface area contributed by atoms with Gasteiger partial charge in [-0.2, -0.15) is 0 Å². The molecule has 0 saturated heterocycles. The summed E-state index contributed by atoms with van der Waals surface area (Å²) in [6, 6.07) is 10.2. The zero-order valence-corrected chi connectivity index (χ0v) is 14.2. The number of esters is 1. The zero-order valence-electron chi connectivity index (χ0n) is 13.3. The minimum absolute atomic E-state index is 0. The molecule has 1 aromatic carbocycles. The summed E-state index contributed by atoms with van der Waals surface area (Å²) in [5.74, 6) is 0.280. The molecule has 130 valence electrons. The number of aromatic nitrogens is 1. The number of carbonyl (C=O) groups excluding carboxylic acids is 1. The van der Waals surface area contributed by atoms with Crippen molar-refractivity contribution >= 4 is 18.4 Å². The summed E-state index contributed by atoms with van der Waals surface area (Å²) in [7, 11) is 0. The van der Waals surface area contributed by atoms with Crippen molar-refractivity contribution in [3.63, 3.8) is 0 Å². The first-order valence-electron chi connectivity index (χ1n) is 7.39. The van der Waals surface area contributed by atoms with Gasteiger partial charge in [0.1, 0.15) is 11.3 Å². The fraction of sp³-hybridized carbons (Fsp3) is 0.294. The quantitative estimate of drug-likeness (QED) is 0.743. The lowest BCUT2D eigenvalue weighted by Crippen LogP contribution is -2.26. The Morgan fingerprint density at radius 3 is 2.62 bits per heavy atom. The van der Waals surface area contributed by atoms with Gasteiger partial charge in [0.2, 0.25) is 5.88 Å². The number of hydrogen-bond donors (Lipinski definition) is 2. The summed E-state index contributed by atoms with van der Waals surface area (Å²) in [5.41, 5.74) is 6.98. The predicted molar refractivity (Wildman–Crippen MR) is 92.7 cm³/mol. The number of carbonyl (C=O) groups is 1. The van der Waals surface area contributed by atoms with Crippen LogP contribution in [0.15, 0.2) is 42.6 Å². The standard InChI is InChI=1S/C17H20N2O4.ClH/c1-2-22-17(21)15-4-3-9-19-16(15)23-14-7-5-12(6-8-14)10-13(18)11-20;/h3-9,13,20H,2,10-11,18H2,1H3;1H. The highest BCUT2D eigenvalue weighted by molar-refractivity contribution is 5.91. The number of rotatable bonds is 7. The highest BCUT2D eigenvalue weighted by atomic mass is 35.5. The second kappa shape index (κ2) is 9.87. The van der Waals surface area contributed by atoms with Gasteiger partial charge in [-0.05, 0) is 43.2 Å². The van der Waals surface area contributed by atoms with Crippen molar-refractivity contribution in [1.29, 1.82) is 0 Å². The van der Waals surface area contributed by atoms with Gasteiger partial charge in [-0.15, -0.1) is 12.4 Å². The Kier molecular flexibility index (Phi) is 8.18. The van der Waals surface area contributed by atoms with Crippen LogP contribution in [-0.2, 0) is 11.2 Å². The first-order chi connectivity index (χ1) is 11.1. The Balaban J connectivity index is 0.00000288. The fourth-order valence-corrected chi connectivity index (χ4v) is 2.01. The SMILES string of the molecule is CCOC(=O)c1cccnc1Oc1ccc(CC(N)CO)cc1.Cl. The lowest BCUT2D eigenvalue weighted by atomic mass is 10.1. The number of nitrogens with two attached hydrogens (primary N) is 1. The number of benzene rings is 1. The van der Waals surface area contributed by atoms with E-state index in [1.807, 2.05) is 12.1 Å². The molecule has 0 aliphatic rings. The summed E-state index contributed by atoms with van der Waals surface area (Å²) < 4.78 is 10.7. The third-order valence-electron chi connectivity index (χ3n) is 3.14. The first kappa shape index (κ1) is 19.9. The third-order valence-corrected chi connectivity index (χ3v) is 3.14. The molecule has 7 heteroatoms. The first-order valence-corrected chi connectivity index (χ1v) is 7.39. The van der Waals surface area contributed by atoms with Gasteiger partial charge >= 0.3 is 5.97 Å². The lowest BCUT2D eigenvalue weighted by molar-refractivity contribution is 0.0522. The van der Waals surface area contributed by atoms with Crippen molar-refractivity contribution in [2.45, 2.75) is 19.4 Å². The van der Waals surface area contributed by atoms with Crippen molar-refractivity contribution in [2.75, 3.05) is 13.2 Å². The molecule has 0 fully saturated rings. The monoisotopic (exact) mass is 352 g/mol. The molecule has 0 radical (unpaired) electrons. The van der Waals surface area contributed by atoms with Gasteiger partial charge in [-0.3, -0.25) is 0 Å². The molecule has 0 aliphatic heterocycles. The molecule has 2 aromatic rings. The van der Waals surface area contributed by atoms with Gasteiger partial charge in [0.05, 0.1) is 13.2 Å². The number of aliphatic hydroxyl groups excluding tert-OH is 1. The smallest absolute Gasteiger partial charge is 0.343 e. The number of aliphatic hydroxyl groups is 1. The van der Waals surface area contributed by atoms with Crippen LogP contribution in [0.5, 0.6) is 11.6 Å². The summed E-state index contributed by atoms with van der Waals surface area (Å²) >= 11 is 0. The van der Waals surface area contributed by atoms with Crippen LogP contribution in [0, 0.1) is 0 Å². The number of ether oxygens (including phenoxy) is 2. The van der Waals surface area contributed by atoms with Crippen molar-refractivity contribution in [3.8, 4) is 11.6 Å². The number of halogens is 1. The Hall–Kier alpha value is -2.15. The molecule has 6 nitrogen and oxygen atoms in total. The second-order valence-corrected chi connectivity index (χ2v) is 4.97. The highest BCUT2D eigenvalue weighted by Crippen LogP contribution is 2.24. The molecule has 0 saturated carbocycles. The Bertz CT molecular complexity index is 649. The number of nitrogens with zero attached hydrogens (tertiary/aromatic N) is 1. The second-order valence-electron chi connectivity index (χ2n) is 4.97. The van der Waals surface area contributed by atoms with E-state index in [2.05, 4.69) is 4.98 Å². The molecule has 24 heavy (non-hydrogen) atoms. The molecule has 3 N–H and O–H groups in total. The summed E-state index contributed by atoms with van der Waals surface area (Å²) in [6.07, 6.45) is 2.13. The van der Waals surface area contributed by atoms with Crippen molar-refractivity contribution in [1.82, 2.24) is 4.98 Å². The van der Waals surface area contributed by atoms with E-state index < -0.39 is 5.97 Å². The molecule has 1 atom stereocenters. The molecule has 0 bridgehead atoms. The van der Waals surface area contributed by atoms with Crippen LogP contribution in [0.3, 0.4) is 0 Å². The van der Waals surface area contributed by atoms with Crippen molar-refractivity contribution < 1.29 is 19.4 Å². The molecule has 0 amide bonds. The minimum atomic E-state index is -0.471. The average Bonchev–Trinajstić information content (AvgIpc) is 2.57. The fourth-order valence-electron chi connectivity index (χ4n) is 2.01. The molecule has 1 unspecified atom stereocenters. The molecule has 0 aliphatic carbocycles. The van der Waals surface area contributed by atoms with Gasteiger partial charge in [0.15, 0.2) is 0 Å². The number of hydrogen-bond acceptors (Lipinski definition) is 6. The van der Waals surface area contributed by atoms with Crippen molar-refractivity contribution in [3.05, 3.63) is 53.7 Å². The largest absolute Gasteiger partial charge is 0.462 e. The Labute approximate surface area is 147 Å². The van der Waals surface area contributed by atoms with E-state index >= 15 is 0 Å². The zero-order chi connectivity index (χ0) is 16.7. The minimum Gasteiger partial charge on any atom is -0.462 e. The van der Waals surface area contributed by atoms with E-state index in [0.717, 1.165) is 5.56 Å². The Morgan fingerprint density at radius 2 is 2.00 bits per heavy atom. The van der Waals surface area contributed by atoms with E-state index in [1.165, 1.54) is 0 Å². The van der Waals surface area contributed by atoms with Crippen LogP contribution in [-0.4, -0.2) is 35.3 Å². The molecule has 1 aromatic heterocycles. The maximum absolute atomic E-state index is 11.9. The molecular formula is C17H21ClN2O4. The maximum atomic E-state index is 11.9. The van der Waals surface area contributed by atoms with Gasteiger partial charge in [0.25, 0.3) is 0 Å². The summed E-state index contributed by atoms with van der Waals surface area (Å²) in [5, 5.41) is 8.97. The number of pyridine rings is 1. The van der Waals surface area contributed by atoms with Crippen LogP contribution >= 0.6 is 12.4 Å².